The Labute approximate surface area is 131 Å². The number of hydrogen-bond acceptors (Lipinski definition) is 4. The van der Waals surface area contributed by atoms with E-state index in [2.05, 4.69) is 0 Å². The minimum absolute atomic E-state index is 0.0297. The third kappa shape index (κ3) is 3.16. The zero-order valence-electron chi connectivity index (χ0n) is 11.1. The van der Waals surface area contributed by atoms with Gasteiger partial charge in [0.2, 0.25) is 15.9 Å². The number of primary sulfonamides is 1. The third-order valence-electron chi connectivity index (χ3n) is 2.94. The van der Waals surface area contributed by atoms with Crippen molar-refractivity contribution >= 4 is 33.3 Å². The van der Waals surface area contributed by atoms with Gasteiger partial charge in [-0.1, -0.05) is 29.8 Å². The standard InChI is InChI=1S/C14H11ClN2O4S/c15-11-6-5-8(7-12(11)22(17,20)21)13(18)9-3-1-2-4-10(9)14(16)19/h1-7H,(H2,16,19)(H2,17,20,21). The lowest BCUT2D eigenvalue weighted by atomic mass is 9.98. The molecular weight excluding hydrogens is 328 g/mol. The zero-order valence-corrected chi connectivity index (χ0v) is 12.7. The van der Waals surface area contributed by atoms with E-state index in [1.165, 1.54) is 24.3 Å². The van der Waals surface area contributed by atoms with Gasteiger partial charge in [0.05, 0.1) is 10.6 Å². The van der Waals surface area contributed by atoms with Gasteiger partial charge in [0.1, 0.15) is 4.90 Å². The lowest BCUT2D eigenvalue weighted by molar-refractivity contribution is 0.0981. The van der Waals surface area contributed by atoms with Crippen molar-refractivity contribution in [1.82, 2.24) is 0 Å². The summed E-state index contributed by atoms with van der Waals surface area (Å²) in [6, 6.07) is 9.63. The van der Waals surface area contributed by atoms with Crippen LogP contribution in [0.4, 0.5) is 0 Å². The van der Waals surface area contributed by atoms with Crippen LogP contribution in [-0.2, 0) is 10.0 Å². The van der Waals surface area contributed by atoms with Crippen LogP contribution in [0.3, 0.4) is 0 Å². The Morgan fingerprint density at radius 1 is 1.00 bits per heavy atom. The Hall–Kier alpha value is -2.22. The molecule has 22 heavy (non-hydrogen) atoms. The minimum Gasteiger partial charge on any atom is -0.366 e. The Balaban J connectivity index is 2.59. The van der Waals surface area contributed by atoms with Gasteiger partial charge in [0.15, 0.2) is 5.78 Å². The zero-order chi connectivity index (χ0) is 16.5. The molecule has 1 amide bonds. The lowest BCUT2D eigenvalue weighted by Crippen LogP contribution is -2.17. The topological polar surface area (TPSA) is 120 Å². The van der Waals surface area contributed by atoms with Gasteiger partial charge < -0.3 is 5.73 Å². The lowest BCUT2D eigenvalue weighted by Gasteiger charge is -2.08. The van der Waals surface area contributed by atoms with Crippen LogP contribution in [-0.4, -0.2) is 20.1 Å². The second kappa shape index (κ2) is 5.88. The molecule has 0 radical (unpaired) electrons. The van der Waals surface area contributed by atoms with Gasteiger partial charge in [-0.3, -0.25) is 9.59 Å². The van der Waals surface area contributed by atoms with Crippen molar-refractivity contribution in [2.45, 2.75) is 4.90 Å². The third-order valence-corrected chi connectivity index (χ3v) is 4.33. The van der Waals surface area contributed by atoms with Gasteiger partial charge in [-0.15, -0.1) is 0 Å². The molecule has 0 atom stereocenters. The number of rotatable bonds is 4. The Morgan fingerprint density at radius 3 is 2.14 bits per heavy atom. The van der Waals surface area contributed by atoms with Gasteiger partial charge in [0.25, 0.3) is 0 Å². The van der Waals surface area contributed by atoms with Crippen LogP contribution in [0.25, 0.3) is 0 Å². The van der Waals surface area contributed by atoms with Gasteiger partial charge >= 0.3 is 0 Å². The van der Waals surface area contributed by atoms with Crippen molar-refractivity contribution < 1.29 is 18.0 Å². The van der Waals surface area contributed by atoms with Crippen LogP contribution in [0.2, 0.25) is 5.02 Å². The van der Waals surface area contributed by atoms with E-state index in [1.807, 2.05) is 0 Å². The molecule has 114 valence electrons. The van der Waals surface area contributed by atoms with E-state index in [9.17, 15) is 18.0 Å². The van der Waals surface area contributed by atoms with Crippen molar-refractivity contribution in [2.24, 2.45) is 10.9 Å². The molecule has 2 aromatic rings. The summed E-state index contributed by atoms with van der Waals surface area (Å²) in [5.74, 6) is -1.32. The Kier molecular flexibility index (Phi) is 4.32. The van der Waals surface area contributed by atoms with Crippen LogP contribution in [0.1, 0.15) is 26.3 Å². The maximum atomic E-state index is 12.5. The normalized spacial score (nSPS) is 11.2. The highest BCUT2D eigenvalue weighted by atomic mass is 35.5. The van der Waals surface area contributed by atoms with E-state index in [0.717, 1.165) is 6.07 Å². The molecule has 2 rings (SSSR count). The maximum Gasteiger partial charge on any atom is 0.249 e. The predicted octanol–water partition coefficient (Wildman–Crippen LogP) is 1.32. The number of nitrogens with two attached hydrogens (primary N) is 2. The maximum absolute atomic E-state index is 12.5. The molecule has 0 heterocycles. The average Bonchev–Trinajstić information content (AvgIpc) is 2.45. The SMILES string of the molecule is NC(=O)c1ccccc1C(=O)c1ccc(Cl)c(S(N)(=O)=O)c1. The van der Waals surface area contributed by atoms with E-state index in [0.29, 0.717) is 0 Å². The van der Waals surface area contributed by atoms with Crippen LogP contribution in [0.5, 0.6) is 0 Å². The fourth-order valence-corrected chi connectivity index (χ4v) is 2.99. The van der Waals surface area contributed by atoms with E-state index in [-0.39, 0.29) is 26.6 Å². The second-order valence-electron chi connectivity index (χ2n) is 4.43. The predicted molar refractivity (Wildman–Crippen MR) is 81.2 cm³/mol. The van der Waals surface area contributed by atoms with E-state index < -0.39 is 21.7 Å². The van der Waals surface area contributed by atoms with E-state index in [4.69, 9.17) is 22.5 Å². The van der Waals surface area contributed by atoms with Crippen molar-refractivity contribution in [3.05, 3.63) is 64.2 Å². The fourth-order valence-electron chi connectivity index (χ4n) is 1.91. The van der Waals surface area contributed by atoms with Crippen molar-refractivity contribution in [2.75, 3.05) is 0 Å². The van der Waals surface area contributed by atoms with Gasteiger partial charge in [-0.25, -0.2) is 13.6 Å². The highest BCUT2D eigenvalue weighted by molar-refractivity contribution is 7.89. The number of primary amides is 1. The van der Waals surface area contributed by atoms with Gasteiger partial charge in [-0.2, -0.15) is 0 Å². The molecule has 0 aliphatic rings. The molecule has 2 aromatic carbocycles. The summed E-state index contributed by atoms with van der Waals surface area (Å²) < 4.78 is 22.9. The summed E-state index contributed by atoms with van der Waals surface area (Å²) in [6.45, 7) is 0. The fraction of sp³-hybridized carbons (Fsp3) is 0. The summed E-state index contributed by atoms with van der Waals surface area (Å²) in [4.78, 5) is 23.5. The number of carbonyl (C=O) groups is 2. The Morgan fingerprint density at radius 2 is 1.59 bits per heavy atom. The molecule has 4 N–H and O–H groups in total. The van der Waals surface area contributed by atoms with Gasteiger partial charge in [0, 0.05) is 11.1 Å². The summed E-state index contributed by atoms with van der Waals surface area (Å²) >= 11 is 5.77. The number of amides is 1. The van der Waals surface area contributed by atoms with Crippen LogP contribution in [0, 0.1) is 0 Å². The highest BCUT2D eigenvalue weighted by Gasteiger charge is 2.20. The average molecular weight is 339 g/mol. The highest BCUT2D eigenvalue weighted by Crippen LogP contribution is 2.23. The van der Waals surface area contributed by atoms with Crippen LogP contribution < -0.4 is 10.9 Å². The van der Waals surface area contributed by atoms with Crippen LogP contribution in [0.15, 0.2) is 47.4 Å². The van der Waals surface area contributed by atoms with Crippen molar-refractivity contribution in [3.63, 3.8) is 0 Å². The number of benzene rings is 2. The molecule has 0 saturated heterocycles. The molecule has 0 saturated carbocycles. The van der Waals surface area contributed by atoms with Crippen molar-refractivity contribution in [1.29, 1.82) is 0 Å². The number of sulfonamides is 1. The largest absolute Gasteiger partial charge is 0.366 e. The number of ketones is 1. The van der Waals surface area contributed by atoms with E-state index in [1.54, 1.807) is 12.1 Å². The summed E-state index contributed by atoms with van der Waals surface area (Å²) in [6.07, 6.45) is 0. The molecule has 0 aliphatic heterocycles. The van der Waals surface area contributed by atoms with E-state index >= 15 is 0 Å². The second-order valence-corrected chi connectivity index (χ2v) is 6.37. The minimum atomic E-state index is -4.07. The first kappa shape index (κ1) is 16.2. The number of hydrogen-bond donors (Lipinski definition) is 2. The van der Waals surface area contributed by atoms with Crippen molar-refractivity contribution in [3.8, 4) is 0 Å². The number of halogens is 1. The van der Waals surface area contributed by atoms with Crippen LogP contribution >= 0.6 is 11.6 Å². The summed E-state index contributed by atoms with van der Waals surface area (Å²) in [5, 5.41) is 4.95. The first-order chi connectivity index (χ1) is 10.2. The molecule has 0 aromatic heterocycles. The first-order valence-corrected chi connectivity index (χ1v) is 7.90. The molecule has 0 bridgehead atoms. The van der Waals surface area contributed by atoms with Gasteiger partial charge in [-0.05, 0) is 24.3 Å². The first-order valence-electron chi connectivity index (χ1n) is 5.97. The molecule has 0 spiro atoms. The molecule has 6 nitrogen and oxygen atoms in total. The Bertz CT molecular complexity index is 878. The quantitative estimate of drug-likeness (QED) is 0.816. The smallest absolute Gasteiger partial charge is 0.249 e. The molecule has 0 aliphatic carbocycles. The molecule has 8 heteroatoms. The summed E-state index contributed by atoms with van der Waals surface area (Å²) in [5.41, 5.74) is 5.36. The monoisotopic (exact) mass is 338 g/mol. The molecular formula is C14H11ClN2O4S. The molecule has 0 unspecified atom stereocenters. The summed E-state index contributed by atoms with van der Waals surface area (Å²) in [7, 11) is -4.07. The number of carbonyl (C=O) groups excluding carboxylic acids is 2. The molecule has 0 fully saturated rings.